The van der Waals surface area contributed by atoms with Gasteiger partial charge in [-0.2, -0.15) is 0 Å². The van der Waals surface area contributed by atoms with E-state index in [-0.39, 0.29) is 17.5 Å². The lowest BCUT2D eigenvalue weighted by Gasteiger charge is -2.07. The van der Waals surface area contributed by atoms with E-state index in [1.807, 2.05) is 32.0 Å². The Balaban J connectivity index is 2.68. The number of carbonyl (C=O) groups excluding carboxylic acids is 2. The molecule has 0 atom stereocenters. The van der Waals surface area contributed by atoms with Gasteiger partial charge in [0.15, 0.2) is 0 Å². The first kappa shape index (κ1) is 14.9. The van der Waals surface area contributed by atoms with Crippen LogP contribution in [0.1, 0.15) is 38.3 Å². The predicted molar refractivity (Wildman–Crippen MR) is 74.0 cm³/mol. The zero-order chi connectivity index (χ0) is 13.7. The zero-order valence-electron chi connectivity index (χ0n) is 11.1. The van der Waals surface area contributed by atoms with Crippen LogP contribution in [-0.4, -0.2) is 11.6 Å². The van der Waals surface area contributed by atoms with Gasteiger partial charge >= 0.3 is 0 Å². The highest BCUT2D eigenvalue weighted by Crippen LogP contribution is 2.20. The molecule has 3 heteroatoms. The van der Waals surface area contributed by atoms with E-state index in [1.54, 1.807) is 6.92 Å². The maximum absolute atomic E-state index is 11.6. The van der Waals surface area contributed by atoms with Gasteiger partial charge in [-0.1, -0.05) is 37.6 Å². The van der Waals surface area contributed by atoms with E-state index in [9.17, 15) is 9.59 Å². The first-order valence-electron chi connectivity index (χ1n) is 6.19. The van der Waals surface area contributed by atoms with E-state index >= 15 is 0 Å². The normalized spacial score (nSPS) is 10.7. The van der Waals surface area contributed by atoms with Crippen LogP contribution in [0.4, 0.5) is 0 Å². The van der Waals surface area contributed by atoms with Gasteiger partial charge in [0.25, 0.3) is 0 Å². The van der Waals surface area contributed by atoms with Gasteiger partial charge in [-0.3, -0.25) is 9.59 Å². The Morgan fingerprint density at radius 2 is 1.94 bits per heavy atom. The van der Waals surface area contributed by atoms with Crippen molar-refractivity contribution in [2.75, 3.05) is 0 Å². The lowest BCUT2D eigenvalue weighted by atomic mass is 9.99. The summed E-state index contributed by atoms with van der Waals surface area (Å²) >= 11 is 6.15. The average molecular weight is 267 g/mol. The minimum Gasteiger partial charge on any atom is -0.300 e. The number of hydrogen-bond acceptors (Lipinski definition) is 2. The number of carbonyl (C=O) groups is 2. The number of benzene rings is 1. The summed E-state index contributed by atoms with van der Waals surface area (Å²) in [4.78, 5) is 22.6. The maximum atomic E-state index is 11.6. The number of aryl methyl sites for hydroxylation is 1. The van der Waals surface area contributed by atoms with Crippen LogP contribution >= 0.6 is 11.6 Å². The predicted octanol–water partition coefficient (Wildman–Crippen LogP) is 3.63. The average Bonchev–Trinajstić information content (AvgIpc) is 2.26. The van der Waals surface area contributed by atoms with Crippen molar-refractivity contribution >= 4 is 23.2 Å². The lowest BCUT2D eigenvalue weighted by Crippen LogP contribution is -2.08. The quantitative estimate of drug-likeness (QED) is 0.788. The van der Waals surface area contributed by atoms with Crippen LogP contribution in [-0.2, 0) is 22.4 Å². The molecule has 0 bridgehead atoms. The SMILES string of the molecule is CC(=O)Cc1ccc(CCC(=O)C(C)C)c(Cl)c1. The van der Waals surface area contributed by atoms with E-state index in [2.05, 4.69) is 0 Å². The molecule has 2 nitrogen and oxygen atoms in total. The van der Waals surface area contributed by atoms with Crippen molar-refractivity contribution in [1.82, 2.24) is 0 Å². The van der Waals surface area contributed by atoms with Gasteiger partial charge in [0.2, 0.25) is 0 Å². The summed E-state index contributed by atoms with van der Waals surface area (Å²) in [5, 5.41) is 0.644. The molecule has 0 heterocycles. The van der Waals surface area contributed by atoms with Crippen molar-refractivity contribution in [3.05, 3.63) is 34.3 Å². The summed E-state index contributed by atoms with van der Waals surface area (Å²) in [6.07, 6.45) is 1.59. The molecule has 0 unspecified atom stereocenters. The van der Waals surface area contributed by atoms with Crippen molar-refractivity contribution in [3.63, 3.8) is 0 Å². The second-order valence-electron chi connectivity index (χ2n) is 4.93. The fourth-order valence-corrected chi connectivity index (χ4v) is 2.04. The van der Waals surface area contributed by atoms with E-state index in [4.69, 9.17) is 11.6 Å². The molecule has 0 aliphatic heterocycles. The highest BCUT2D eigenvalue weighted by Gasteiger charge is 2.09. The van der Waals surface area contributed by atoms with Gasteiger partial charge in [-0.15, -0.1) is 0 Å². The summed E-state index contributed by atoms with van der Waals surface area (Å²) in [7, 11) is 0. The first-order chi connectivity index (χ1) is 8.40. The molecule has 0 saturated heterocycles. The third-order valence-corrected chi connectivity index (χ3v) is 3.21. The molecule has 0 aliphatic carbocycles. The van der Waals surface area contributed by atoms with Gasteiger partial charge < -0.3 is 0 Å². The Bertz CT molecular complexity index is 450. The van der Waals surface area contributed by atoms with Crippen molar-refractivity contribution in [3.8, 4) is 0 Å². The number of halogens is 1. The van der Waals surface area contributed by atoms with E-state index in [0.717, 1.165) is 11.1 Å². The standard InChI is InChI=1S/C15H19ClO2/c1-10(2)15(18)7-6-13-5-4-12(8-11(3)17)9-14(13)16/h4-5,9-10H,6-8H2,1-3H3. The molecule has 0 fully saturated rings. The Morgan fingerprint density at radius 3 is 2.44 bits per heavy atom. The van der Waals surface area contributed by atoms with Crippen LogP contribution in [0.25, 0.3) is 0 Å². The second-order valence-corrected chi connectivity index (χ2v) is 5.33. The topological polar surface area (TPSA) is 34.1 Å². The molecule has 0 spiro atoms. The number of ketones is 2. The van der Waals surface area contributed by atoms with E-state index in [0.29, 0.717) is 24.3 Å². The van der Waals surface area contributed by atoms with Gasteiger partial charge in [-0.25, -0.2) is 0 Å². The summed E-state index contributed by atoms with van der Waals surface area (Å²) in [6.45, 7) is 5.36. The Morgan fingerprint density at radius 1 is 1.28 bits per heavy atom. The molecule has 1 aromatic carbocycles. The smallest absolute Gasteiger partial charge is 0.135 e. The molecule has 1 aromatic rings. The first-order valence-corrected chi connectivity index (χ1v) is 6.57. The third kappa shape index (κ3) is 4.61. The summed E-state index contributed by atoms with van der Waals surface area (Å²) in [5.41, 5.74) is 1.89. The minimum atomic E-state index is 0.0701. The Labute approximate surface area is 113 Å². The van der Waals surface area contributed by atoms with Crippen LogP contribution in [0.5, 0.6) is 0 Å². The molecule has 0 saturated carbocycles. The maximum Gasteiger partial charge on any atom is 0.135 e. The third-order valence-electron chi connectivity index (χ3n) is 2.86. The zero-order valence-corrected chi connectivity index (χ0v) is 11.9. The molecule has 1 rings (SSSR count). The van der Waals surface area contributed by atoms with Gasteiger partial charge in [-0.05, 0) is 30.5 Å². The monoisotopic (exact) mass is 266 g/mol. The van der Waals surface area contributed by atoms with E-state index in [1.165, 1.54) is 0 Å². The van der Waals surface area contributed by atoms with E-state index < -0.39 is 0 Å². The van der Waals surface area contributed by atoms with Crippen LogP contribution < -0.4 is 0 Å². The summed E-state index contributed by atoms with van der Waals surface area (Å²) in [5.74, 6) is 0.438. The van der Waals surface area contributed by atoms with Crippen molar-refractivity contribution in [2.24, 2.45) is 5.92 Å². The van der Waals surface area contributed by atoms with Crippen molar-refractivity contribution in [1.29, 1.82) is 0 Å². The van der Waals surface area contributed by atoms with Crippen molar-refractivity contribution < 1.29 is 9.59 Å². The fourth-order valence-electron chi connectivity index (χ4n) is 1.74. The van der Waals surface area contributed by atoms with Gasteiger partial charge in [0.1, 0.15) is 11.6 Å². The molecular weight excluding hydrogens is 248 g/mol. The Kier molecular flexibility index (Phi) is 5.54. The van der Waals surface area contributed by atoms with Crippen LogP contribution in [0, 0.1) is 5.92 Å². The Hall–Kier alpha value is -1.15. The highest BCUT2D eigenvalue weighted by molar-refractivity contribution is 6.31. The van der Waals surface area contributed by atoms with Crippen LogP contribution in [0.3, 0.4) is 0 Å². The molecule has 0 radical (unpaired) electrons. The largest absolute Gasteiger partial charge is 0.300 e. The van der Waals surface area contributed by atoms with Gasteiger partial charge in [0, 0.05) is 23.8 Å². The highest BCUT2D eigenvalue weighted by atomic mass is 35.5. The van der Waals surface area contributed by atoms with Crippen molar-refractivity contribution in [2.45, 2.75) is 40.0 Å². The van der Waals surface area contributed by atoms with Crippen LogP contribution in [0.15, 0.2) is 18.2 Å². The molecule has 0 amide bonds. The second kappa shape index (κ2) is 6.69. The minimum absolute atomic E-state index is 0.0701. The fraction of sp³-hybridized carbons (Fsp3) is 0.467. The number of rotatable bonds is 6. The summed E-state index contributed by atoms with van der Waals surface area (Å²) < 4.78 is 0. The van der Waals surface area contributed by atoms with Crippen LogP contribution in [0.2, 0.25) is 5.02 Å². The summed E-state index contributed by atoms with van der Waals surface area (Å²) in [6, 6.07) is 5.63. The molecule has 0 aromatic heterocycles. The number of Topliss-reactive ketones (excluding diaryl/α,β-unsaturated/α-hetero) is 2. The molecule has 18 heavy (non-hydrogen) atoms. The molecule has 98 valence electrons. The van der Waals surface area contributed by atoms with Gasteiger partial charge in [0.05, 0.1) is 0 Å². The lowest BCUT2D eigenvalue weighted by molar-refractivity contribution is -0.121. The molecule has 0 aliphatic rings. The molecule has 0 N–H and O–H groups in total. The number of hydrogen-bond donors (Lipinski definition) is 0. The molecular formula is C15H19ClO2.